The lowest BCUT2D eigenvalue weighted by Crippen LogP contribution is -2.28. The van der Waals surface area contributed by atoms with Crippen LogP contribution < -0.4 is 5.73 Å². The molecular weight excluding hydrogens is 641 g/mol. The quantitative estimate of drug-likeness (QED) is 0.0276. The number of esters is 1. The van der Waals surface area contributed by atoms with Crippen LogP contribution >= 0.6 is 7.82 Å². The van der Waals surface area contributed by atoms with Crippen molar-refractivity contribution in [2.75, 3.05) is 33.0 Å². The van der Waals surface area contributed by atoms with E-state index in [2.05, 4.69) is 13.8 Å². The van der Waals surface area contributed by atoms with Crippen LogP contribution in [0.2, 0.25) is 0 Å². The molecule has 0 aromatic heterocycles. The van der Waals surface area contributed by atoms with E-state index >= 15 is 0 Å². The lowest BCUT2D eigenvalue weighted by molar-refractivity contribution is -0.154. The summed E-state index contributed by atoms with van der Waals surface area (Å²) in [6.07, 6.45) is 34.1. The van der Waals surface area contributed by atoms with Gasteiger partial charge >= 0.3 is 13.8 Å². The van der Waals surface area contributed by atoms with E-state index in [1.165, 1.54) is 141 Å². The first-order valence-electron chi connectivity index (χ1n) is 20.7. The zero-order chi connectivity index (χ0) is 35.7. The highest BCUT2D eigenvalue weighted by Gasteiger charge is 2.36. The molecule has 1 rings (SSSR count). The fourth-order valence-corrected chi connectivity index (χ4v) is 7.08. The lowest BCUT2D eigenvalue weighted by Gasteiger charge is -2.20. The Morgan fingerprint density at radius 1 is 0.633 bits per heavy atom. The van der Waals surface area contributed by atoms with E-state index in [1.54, 1.807) is 0 Å². The molecule has 0 spiro atoms. The van der Waals surface area contributed by atoms with E-state index in [1.807, 2.05) is 0 Å². The fraction of sp³-hybridized carbons (Fsp3) is 0.974. The molecule has 1 aliphatic rings. The minimum atomic E-state index is -4.27. The highest BCUT2D eigenvalue weighted by atomic mass is 31.2. The van der Waals surface area contributed by atoms with Crippen molar-refractivity contribution in [1.29, 1.82) is 0 Å². The first-order chi connectivity index (χ1) is 23.9. The molecule has 4 unspecified atom stereocenters. The monoisotopic (exact) mass is 720 g/mol. The molecule has 49 heavy (non-hydrogen) atoms. The average molecular weight is 720 g/mol. The van der Waals surface area contributed by atoms with E-state index in [0.29, 0.717) is 25.2 Å². The Morgan fingerprint density at radius 2 is 1.08 bits per heavy atom. The van der Waals surface area contributed by atoms with Crippen LogP contribution in [0.4, 0.5) is 0 Å². The average Bonchev–Trinajstić information content (AvgIpc) is 3.84. The smallest absolute Gasteiger partial charge is 0.457 e. The van der Waals surface area contributed by atoms with Gasteiger partial charge in [0.25, 0.3) is 0 Å². The highest BCUT2D eigenvalue weighted by Crippen LogP contribution is 2.43. The second kappa shape index (κ2) is 33.3. The van der Waals surface area contributed by atoms with Crippen molar-refractivity contribution < 1.29 is 37.5 Å². The van der Waals surface area contributed by atoms with Gasteiger partial charge < -0.3 is 24.8 Å². The predicted molar refractivity (Wildman–Crippen MR) is 201 cm³/mol. The van der Waals surface area contributed by atoms with Gasteiger partial charge in [-0.25, -0.2) is 4.57 Å². The summed E-state index contributed by atoms with van der Waals surface area (Å²) in [5.74, 6) is -0.335. The van der Waals surface area contributed by atoms with E-state index in [4.69, 9.17) is 29.0 Å². The van der Waals surface area contributed by atoms with Crippen molar-refractivity contribution in [3.05, 3.63) is 0 Å². The molecule has 1 saturated heterocycles. The van der Waals surface area contributed by atoms with E-state index in [0.717, 1.165) is 32.1 Å². The van der Waals surface area contributed by atoms with Crippen molar-refractivity contribution in [2.45, 2.75) is 212 Å². The molecule has 0 bridgehead atoms. The summed E-state index contributed by atoms with van der Waals surface area (Å²) < 4.78 is 39.2. The summed E-state index contributed by atoms with van der Waals surface area (Å²) in [6, 6.07) is 0. The van der Waals surface area contributed by atoms with Gasteiger partial charge in [-0.05, 0) is 25.7 Å². The number of carbonyl (C=O) groups is 1. The molecule has 0 saturated carbocycles. The Kier molecular flexibility index (Phi) is 31.6. The number of rotatable bonds is 39. The molecular formula is C39H78NO8P. The van der Waals surface area contributed by atoms with Crippen molar-refractivity contribution in [3.8, 4) is 0 Å². The zero-order valence-electron chi connectivity index (χ0n) is 31.9. The standard InChI is InChI=1S/C39H78NO8P/c1-3-5-7-9-10-11-12-13-14-15-16-20-23-27-32-44-34-36(35-46-49(42,43)45-33-31-40)47-39(41)30-26-22-19-17-18-21-25-29-38-37(48-38)28-24-8-6-4-2/h36-38H,3-35,40H2,1-2H3,(H,42,43). The topological polar surface area (TPSA) is 130 Å². The lowest BCUT2D eigenvalue weighted by atomic mass is 10.0. The maximum atomic E-state index is 12.6. The third kappa shape index (κ3) is 30.8. The Balaban J connectivity index is 2.11. The predicted octanol–water partition coefficient (Wildman–Crippen LogP) is 10.7. The number of phosphoric acid groups is 1. The molecule has 1 aliphatic heterocycles. The van der Waals surface area contributed by atoms with Gasteiger partial charge in [0.1, 0.15) is 6.10 Å². The van der Waals surface area contributed by atoms with Crippen LogP contribution in [0.25, 0.3) is 0 Å². The summed E-state index contributed by atoms with van der Waals surface area (Å²) in [4.78, 5) is 22.4. The van der Waals surface area contributed by atoms with Gasteiger partial charge in [0, 0.05) is 19.6 Å². The van der Waals surface area contributed by atoms with Crippen LogP contribution in [0.15, 0.2) is 0 Å². The Bertz CT molecular complexity index is 788. The first kappa shape index (κ1) is 46.5. The molecule has 0 aromatic rings. The van der Waals surface area contributed by atoms with Crippen LogP contribution in [-0.2, 0) is 32.6 Å². The number of hydrogen-bond acceptors (Lipinski definition) is 8. The normalized spacial score (nSPS) is 17.6. The van der Waals surface area contributed by atoms with Gasteiger partial charge in [0.2, 0.25) is 0 Å². The van der Waals surface area contributed by atoms with E-state index in [9.17, 15) is 14.3 Å². The molecule has 0 aliphatic carbocycles. The van der Waals surface area contributed by atoms with Crippen molar-refractivity contribution in [1.82, 2.24) is 0 Å². The van der Waals surface area contributed by atoms with Gasteiger partial charge in [-0.1, -0.05) is 162 Å². The van der Waals surface area contributed by atoms with Crippen LogP contribution in [0.5, 0.6) is 0 Å². The third-order valence-corrected chi connectivity index (χ3v) is 10.4. The first-order valence-corrected chi connectivity index (χ1v) is 22.2. The number of nitrogens with two attached hydrogens (primary N) is 1. The zero-order valence-corrected chi connectivity index (χ0v) is 32.8. The van der Waals surface area contributed by atoms with E-state index < -0.39 is 13.9 Å². The highest BCUT2D eigenvalue weighted by molar-refractivity contribution is 7.47. The van der Waals surface area contributed by atoms with Gasteiger partial charge in [-0.15, -0.1) is 0 Å². The second-order valence-corrected chi connectivity index (χ2v) is 15.7. The number of carbonyl (C=O) groups excluding carboxylic acids is 1. The molecule has 4 atom stereocenters. The number of ether oxygens (including phenoxy) is 3. The van der Waals surface area contributed by atoms with Gasteiger partial charge in [-0.2, -0.15) is 0 Å². The summed E-state index contributed by atoms with van der Waals surface area (Å²) in [7, 11) is -4.27. The molecule has 3 N–H and O–H groups in total. The minimum Gasteiger partial charge on any atom is -0.457 e. The molecule has 10 heteroatoms. The van der Waals surface area contributed by atoms with Gasteiger partial charge in [0.15, 0.2) is 0 Å². The largest absolute Gasteiger partial charge is 0.472 e. The number of unbranched alkanes of at least 4 members (excludes halogenated alkanes) is 22. The number of phosphoric ester groups is 1. The number of hydrogen-bond donors (Lipinski definition) is 2. The summed E-state index contributed by atoms with van der Waals surface area (Å²) >= 11 is 0. The molecule has 1 heterocycles. The molecule has 9 nitrogen and oxygen atoms in total. The third-order valence-electron chi connectivity index (χ3n) is 9.44. The molecule has 0 aromatic carbocycles. The van der Waals surface area contributed by atoms with Crippen LogP contribution in [0.1, 0.15) is 194 Å². The summed E-state index contributed by atoms with van der Waals surface area (Å²) in [5.41, 5.74) is 5.36. The fourth-order valence-electron chi connectivity index (χ4n) is 6.32. The Hall–Kier alpha value is -0.540. The summed E-state index contributed by atoms with van der Waals surface area (Å²) in [5, 5.41) is 0. The second-order valence-electron chi connectivity index (χ2n) is 14.2. The van der Waals surface area contributed by atoms with Gasteiger partial charge in [0.05, 0.1) is 32.0 Å². The van der Waals surface area contributed by atoms with Crippen LogP contribution in [0.3, 0.4) is 0 Å². The SMILES string of the molecule is CCCCCCCCCCCCCCCCOCC(COP(=O)(O)OCCN)OC(=O)CCCCCCCCCC1OC1CCCCCC. The summed E-state index contributed by atoms with van der Waals surface area (Å²) in [6.45, 7) is 4.92. The van der Waals surface area contributed by atoms with Crippen LogP contribution in [-0.4, -0.2) is 62.1 Å². The Morgan fingerprint density at radius 3 is 1.59 bits per heavy atom. The van der Waals surface area contributed by atoms with Gasteiger partial charge in [-0.3, -0.25) is 13.8 Å². The minimum absolute atomic E-state index is 0.0948. The maximum absolute atomic E-state index is 12.6. The molecule has 0 amide bonds. The van der Waals surface area contributed by atoms with Crippen LogP contribution in [0, 0.1) is 0 Å². The maximum Gasteiger partial charge on any atom is 0.472 e. The van der Waals surface area contributed by atoms with E-state index in [-0.39, 0.29) is 32.3 Å². The Labute approximate surface area is 301 Å². The van der Waals surface area contributed by atoms with Crippen molar-refractivity contribution in [2.24, 2.45) is 5.73 Å². The molecule has 1 fully saturated rings. The van der Waals surface area contributed by atoms with Crippen molar-refractivity contribution >= 4 is 13.8 Å². The molecule has 292 valence electrons. The molecule has 0 radical (unpaired) electrons. The number of epoxide rings is 1. The van der Waals surface area contributed by atoms with Crippen molar-refractivity contribution in [3.63, 3.8) is 0 Å².